The van der Waals surface area contributed by atoms with Gasteiger partial charge in [-0.3, -0.25) is 9.59 Å². The minimum Gasteiger partial charge on any atom is -0.497 e. The number of carbonyl (C=O) groups is 2. The van der Waals surface area contributed by atoms with Crippen molar-refractivity contribution < 1.29 is 14.3 Å². The van der Waals surface area contributed by atoms with Gasteiger partial charge in [-0.05, 0) is 66.9 Å². The number of hydrogen-bond acceptors (Lipinski definition) is 4. The summed E-state index contributed by atoms with van der Waals surface area (Å²) >= 11 is 0. The zero-order valence-electron chi connectivity index (χ0n) is 19.7. The normalized spacial score (nSPS) is 13.6. The highest BCUT2D eigenvalue weighted by Gasteiger charge is 2.19. The molecule has 1 aliphatic rings. The maximum atomic E-state index is 13.4. The third-order valence-electron chi connectivity index (χ3n) is 6.33. The number of rotatable bonds is 6. The average molecular weight is 466 g/mol. The Morgan fingerprint density at radius 3 is 2.63 bits per heavy atom. The van der Waals surface area contributed by atoms with Crippen LogP contribution in [-0.2, 0) is 11.3 Å². The van der Waals surface area contributed by atoms with Gasteiger partial charge in [0.25, 0.3) is 5.91 Å². The molecule has 1 N–H and O–H groups in total. The van der Waals surface area contributed by atoms with Crippen molar-refractivity contribution in [3.63, 3.8) is 0 Å². The SMILES string of the molecule is COc1ccc(-c2cc(C(=O)Nc3cccc(CN4CCCCC4=O)c3)c3ccccc3n2)cc1. The quantitative estimate of drug-likeness (QED) is 0.398. The topological polar surface area (TPSA) is 71.5 Å². The van der Waals surface area contributed by atoms with Crippen LogP contribution in [0.25, 0.3) is 22.2 Å². The predicted molar refractivity (Wildman–Crippen MR) is 137 cm³/mol. The number of pyridine rings is 1. The number of hydrogen-bond donors (Lipinski definition) is 1. The van der Waals surface area contributed by atoms with Crippen LogP contribution in [0.1, 0.15) is 35.2 Å². The van der Waals surface area contributed by atoms with E-state index in [0.29, 0.717) is 29.9 Å². The number of nitrogens with zero attached hydrogens (tertiary/aromatic N) is 2. The van der Waals surface area contributed by atoms with E-state index in [4.69, 9.17) is 9.72 Å². The summed E-state index contributed by atoms with van der Waals surface area (Å²) in [4.78, 5) is 32.3. The monoisotopic (exact) mass is 465 g/mol. The maximum absolute atomic E-state index is 13.4. The fourth-order valence-electron chi connectivity index (χ4n) is 4.47. The van der Waals surface area contributed by atoms with Crippen LogP contribution in [0.5, 0.6) is 5.75 Å². The van der Waals surface area contributed by atoms with Crippen LogP contribution < -0.4 is 10.1 Å². The molecular formula is C29H27N3O3. The van der Waals surface area contributed by atoms with Crippen molar-refractivity contribution in [1.29, 1.82) is 0 Å². The van der Waals surface area contributed by atoms with E-state index in [0.717, 1.165) is 47.2 Å². The number of anilines is 1. The molecule has 35 heavy (non-hydrogen) atoms. The van der Waals surface area contributed by atoms with Crippen LogP contribution in [0.3, 0.4) is 0 Å². The lowest BCUT2D eigenvalue weighted by molar-refractivity contribution is -0.133. The molecule has 4 aromatic rings. The number of ether oxygens (including phenoxy) is 1. The maximum Gasteiger partial charge on any atom is 0.256 e. The number of fused-ring (bicyclic) bond motifs is 1. The standard InChI is InChI=1S/C29H27N3O3/c1-35-23-14-12-21(13-15-23)27-18-25(24-9-2-3-10-26(24)31-27)29(34)30-22-8-6-7-20(17-22)19-32-16-5-4-11-28(32)33/h2-3,6-10,12-15,17-18H,4-5,11,16,19H2,1H3,(H,30,34). The predicted octanol–water partition coefficient (Wildman–Crippen LogP) is 5.68. The molecule has 6 heteroatoms. The number of methoxy groups -OCH3 is 1. The van der Waals surface area contributed by atoms with Gasteiger partial charge in [-0.1, -0.05) is 30.3 Å². The Labute approximate surface area is 204 Å². The molecule has 0 atom stereocenters. The van der Waals surface area contributed by atoms with E-state index < -0.39 is 0 Å². The molecule has 176 valence electrons. The summed E-state index contributed by atoms with van der Waals surface area (Å²) in [6.07, 6.45) is 2.61. The number of para-hydroxylation sites is 1. The number of amides is 2. The summed E-state index contributed by atoms with van der Waals surface area (Å²) in [5.41, 5.74) is 4.62. The van der Waals surface area contributed by atoms with Crippen molar-refractivity contribution in [3.8, 4) is 17.0 Å². The molecule has 0 spiro atoms. The van der Waals surface area contributed by atoms with Gasteiger partial charge >= 0.3 is 0 Å². The van der Waals surface area contributed by atoms with Crippen molar-refractivity contribution in [2.75, 3.05) is 19.0 Å². The van der Waals surface area contributed by atoms with Crippen molar-refractivity contribution >= 4 is 28.4 Å². The van der Waals surface area contributed by atoms with E-state index in [9.17, 15) is 9.59 Å². The summed E-state index contributed by atoms with van der Waals surface area (Å²) in [6.45, 7) is 1.34. The number of likely N-dealkylation sites (tertiary alicyclic amines) is 1. The smallest absolute Gasteiger partial charge is 0.256 e. The molecule has 2 amide bonds. The largest absolute Gasteiger partial charge is 0.497 e. The first-order valence-corrected chi connectivity index (χ1v) is 11.8. The summed E-state index contributed by atoms with van der Waals surface area (Å²) < 4.78 is 5.26. The van der Waals surface area contributed by atoms with Crippen LogP contribution in [0, 0.1) is 0 Å². The van der Waals surface area contributed by atoms with Crippen LogP contribution in [0.15, 0.2) is 78.9 Å². The van der Waals surface area contributed by atoms with Gasteiger partial charge in [-0.15, -0.1) is 0 Å². The van der Waals surface area contributed by atoms with Crippen LogP contribution >= 0.6 is 0 Å². The summed E-state index contributed by atoms with van der Waals surface area (Å²) in [7, 11) is 1.63. The third kappa shape index (κ3) is 5.01. The molecule has 0 saturated carbocycles. The van der Waals surface area contributed by atoms with Gasteiger partial charge in [0.05, 0.1) is 23.9 Å². The first-order chi connectivity index (χ1) is 17.1. The van der Waals surface area contributed by atoms with Crippen LogP contribution in [-0.4, -0.2) is 35.4 Å². The molecule has 3 aromatic carbocycles. The lowest BCUT2D eigenvalue weighted by Gasteiger charge is -2.26. The number of benzene rings is 3. The number of piperidine rings is 1. The Morgan fingerprint density at radius 1 is 1.00 bits per heavy atom. The van der Waals surface area contributed by atoms with Gasteiger partial charge in [-0.25, -0.2) is 4.98 Å². The van der Waals surface area contributed by atoms with Gasteiger partial charge in [0.2, 0.25) is 5.91 Å². The molecule has 1 aliphatic heterocycles. The van der Waals surface area contributed by atoms with Gasteiger partial charge in [-0.2, -0.15) is 0 Å². The third-order valence-corrected chi connectivity index (χ3v) is 6.33. The molecule has 5 rings (SSSR count). The fraction of sp³-hybridized carbons (Fsp3) is 0.207. The van der Waals surface area contributed by atoms with E-state index in [2.05, 4.69) is 5.32 Å². The van der Waals surface area contributed by atoms with E-state index in [1.807, 2.05) is 83.8 Å². The van der Waals surface area contributed by atoms with Gasteiger partial charge < -0.3 is 15.0 Å². The first kappa shape index (κ1) is 22.6. The molecule has 0 aliphatic carbocycles. The Morgan fingerprint density at radius 2 is 1.83 bits per heavy atom. The number of aromatic nitrogens is 1. The van der Waals surface area contributed by atoms with Crippen molar-refractivity contribution in [2.45, 2.75) is 25.8 Å². The van der Waals surface area contributed by atoms with Crippen molar-refractivity contribution in [3.05, 3.63) is 90.0 Å². The molecule has 0 bridgehead atoms. The lowest BCUT2D eigenvalue weighted by atomic mass is 10.0. The second-order valence-electron chi connectivity index (χ2n) is 8.73. The van der Waals surface area contributed by atoms with Crippen molar-refractivity contribution in [2.24, 2.45) is 0 Å². The second-order valence-corrected chi connectivity index (χ2v) is 8.73. The van der Waals surface area contributed by atoms with E-state index in [1.54, 1.807) is 7.11 Å². The average Bonchev–Trinajstić information content (AvgIpc) is 2.89. The number of nitrogens with one attached hydrogen (secondary N) is 1. The summed E-state index contributed by atoms with van der Waals surface area (Å²) in [5.74, 6) is 0.753. The molecule has 1 saturated heterocycles. The summed E-state index contributed by atoms with van der Waals surface area (Å²) in [6, 6.07) is 24.8. The minimum atomic E-state index is -0.204. The molecule has 0 radical (unpaired) electrons. The molecule has 0 unspecified atom stereocenters. The lowest BCUT2D eigenvalue weighted by Crippen LogP contribution is -2.34. The Balaban J connectivity index is 1.43. The zero-order valence-corrected chi connectivity index (χ0v) is 19.7. The highest BCUT2D eigenvalue weighted by atomic mass is 16.5. The van der Waals surface area contributed by atoms with Gasteiger partial charge in [0.15, 0.2) is 0 Å². The fourth-order valence-corrected chi connectivity index (χ4v) is 4.47. The first-order valence-electron chi connectivity index (χ1n) is 11.8. The molecule has 1 fully saturated rings. The molecule has 2 heterocycles. The Kier molecular flexibility index (Phi) is 6.44. The highest BCUT2D eigenvalue weighted by Crippen LogP contribution is 2.27. The van der Waals surface area contributed by atoms with E-state index >= 15 is 0 Å². The second kappa shape index (κ2) is 9.97. The van der Waals surface area contributed by atoms with E-state index in [1.165, 1.54) is 0 Å². The Hall–Kier alpha value is -4.19. The Bertz CT molecular complexity index is 1380. The molecular weight excluding hydrogens is 438 g/mol. The minimum absolute atomic E-state index is 0.194. The van der Waals surface area contributed by atoms with Gasteiger partial charge in [0.1, 0.15) is 5.75 Å². The highest BCUT2D eigenvalue weighted by molar-refractivity contribution is 6.13. The van der Waals surface area contributed by atoms with Crippen LogP contribution in [0.4, 0.5) is 5.69 Å². The van der Waals surface area contributed by atoms with E-state index in [-0.39, 0.29) is 11.8 Å². The number of carbonyl (C=O) groups excluding carboxylic acids is 2. The molecule has 1 aromatic heterocycles. The summed E-state index contributed by atoms with van der Waals surface area (Å²) in [5, 5.41) is 3.84. The molecule has 6 nitrogen and oxygen atoms in total. The van der Waals surface area contributed by atoms with Crippen molar-refractivity contribution in [1.82, 2.24) is 9.88 Å². The zero-order chi connectivity index (χ0) is 24.2. The van der Waals surface area contributed by atoms with Crippen LogP contribution in [0.2, 0.25) is 0 Å². The van der Waals surface area contributed by atoms with Gasteiger partial charge in [0, 0.05) is 36.1 Å².